The Labute approximate surface area is 140 Å². The summed E-state index contributed by atoms with van der Waals surface area (Å²) in [7, 11) is 4.42. The van der Waals surface area contributed by atoms with Gasteiger partial charge in [0.25, 0.3) is 5.91 Å². The fourth-order valence-corrected chi connectivity index (χ4v) is 1.84. The second kappa shape index (κ2) is 9.98. The summed E-state index contributed by atoms with van der Waals surface area (Å²) in [4.78, 5) is 23.4. The van der Waals surface area contributed by atoms with Crippen molar-refractivity contribution in [2.45, 2.75) is 0 Å². The zero-order chi connectivity index (χ0) is 17.9. The number of hydrogen-bond donors (Lipinski definition) is 2. The molecule has 0 bridgehead atoms. The van der Waals surface area contributed by atoms with Crippen molar-refractivity contribution in [1.82, 2.24) is 10.6 Å². The Balaban J connectivity index is 2.62. The molecule has 1 aromatic rings. The summed E-state index contributed by atoms with van der Waals surface area (Å²) in [5.74, 6) is 0.833. The summed E-state index contributed by atoms with van der Waals surface area (Å²) in [6.45, 7) is 4.03. The van der Waals surface area contributed by atoms with Gasteiger partial charge >= 0.3 is 6.09 Å². The molecule has 24 heavy (non-hydrogen) atoms. The highest BCUT2D eigenvalue weighted by Gasteiger charge is 2.16. The minimum absolute atomic E-state index is 0.129. The van der Waals surface area contributed by atoms with E-state index in [4.69, 9.17) is 18.9 Å². The van der Waals surface area contributed by atoms with Crippen molar-refractivity contribution >= 4 is 12.0 Å². The van der Waals surface area contributed by atoms with Crippen LogP contribution in [0.2, 0.25) is 0 Å². The van der Waals surface area contributed by atoms with Gasteiger partial charge in [0.2, 0.25) is 5.75 Å². The van der Waals surface area contributed by atoms with Gasteiger partial charge in [0.15, 0.2) is 11.5 Å². The van der Waals surface area contributed by atoms with E-state index < -0.39 is 6.09 Å². The lowest BCUT2D eigenvalue weighted by atomic mass is 10.1. The molecule has 0 fully saturated rings. The van der Waals surface area contributed by atoms with Gasteiger partial charge in [-0.25, -0.2) is 4.79 Å². The fraction of sp³-hybridized carbons (Fsp3) is 0.375. The second-order valence-electron chi connectivity index (χ2n) is 4.48. The van der Waals surface area contributed by atoms with E-state index in [1.165, 1.54) is 27.4 Å². The molecule has 0 spiro atoms. The monoisotopic (exact) mass is 338 g/mol. The topological polar surface area (TPSA) is 95.1 Å². The molecule has 0 atom stereocenters. The lowest BCUT2D eigenvalue weighted by Gasteiger charge is -2.14. The zero-order valence-corrected chi connectivity index (χ0v) is 14.0. The maximum atomic E-state index is 12.2. The van der Waals surface area contributed by atoms with Crippen LogP contribution in [0.1, 0.15) is 10.4 Å². The van der Waals surface area contributed by atoms with Crippen molar-refractivity contribution in [1.29, 1.82) is 0 Å². The maximum absolute atomic E-state index is 12.2. The summed E-state index contributed by atoms with van der Waals surface area (Å²) < 4.78 is 20.3. The number of hydrogen-bond acceptors (Lipinski definition) is 6. The summed E-state index contributed by atoms with van der Waals surface area (Å²) in [5, 5.41) is 5.16. The number of carbonyl (C=O) groups excluding carboxylic acids is 2. The number of amides is 2. The summed E-state index contributed by atoms with van der Waals surface area (Å²) in [6.07, 6.45) is 0.892. The molecule has 8 nitrogen and oxygen atoms in total. The van der Waals surface area contributed by atoms with E-state index in [0.717, 1.165) is 0 Å². The van der Waals surface area contributed by atoms with Crippen molar-refractivity contribution in [2.75, 3.05) is 41.0 Å². The third-order valence-electron chi connectivity index (χ3n) is 2.94. The third-order valence-corrected chi connectivity index (χ3v) is 2.94. The van der Waals surface area contributed by atoms with Gasteiger partial charge in [-0.05, 0) is 12.1 Å². The molecule has 0 aliphatic rings. The first-order valence-electron chi connectivity index (χ1n) is 7.17. The molecule has 0 aromatic heterocycles. The second-order valence-corrected chi connectivity index (χ2v) is 4.48. The van der Waals surface area contributed by atoms with Crippen LogP contribution in [0.4, 0.5) is 4.79 Å². The molecule has 132 valence electrons. The Hall–Kier alpha value is -2.90. The van der Waals surface area contributed by atoms with Gasteiger partial charge in [-0.1, -0.05) is 12.7 Å². The summed E-state index contributed by atoms with van der Waals surface area (Å²) in [5.41, 5.74) is 0.346. The molecule has 8 heteroatoms. The van der Waals surface area contributed by atoms with Crippen LogP contribution in [0.5, 0.6) is 17.2 Å². The van der Waals surface area contributed by atoms with Gasteiger partial charge in [0.05, 0.1) is 21.3 Å². The Bertz CT molecular complexity index is 563. The van der Waals surface area contributed by atoms with E-state index in [2.05, 4.69) is 17.2 Å². The first-order chi connectivity index (χ1) is 11.6. The Morgan fingerprint density at radius 1 is 1.04 bits per heavy atom. The average molecular weight is 338 g/mol. The molecule has 0 aliphatic heterocycles. The molecule has 0 radical (unpaired) electrons. The molecule has 2 N–H and O–H groups in total. The van der Waals surface area contributed by atoms with Gasteiger partial charge < -0.3 is 29.6 Å². The number of ether oxygens (including phenoxy) is 4. The van der Waals surface area contributed by atoms with Gasteiger partial charge in [0.1, 0.15) is 6.61 Å². The normalized spacial score (nSPS) is 9.62. The van der Waals surface area contributed by atoms with E-state index >= 15 is 0 Å². The number of benzene rings is 1. The van der Waals surface area contributed by atoms with E-state index in [0.29, 0.717) is 22.8 Å². The molecule has 0 aliphatic carbocycles. The van der Waals surface area contributed by atoms with Crippen LogP contribution in [0.3, 0.4) is 0 Å². The van der Waals surface area contributed by atoms with Crippen molar-refractivity contribution in [3.05, 3.63) is 30.4 Å². The number of nitrogens with one attached hydrogen (secondary N) is 2. The largest absolute Gasteiger partial charge is 0.493 e. The molecular weight excluding hydrogens is 316 g/mol. The van der Waals surface area contributed by atoms with Crippen LogP contribution in [0.15, 0.2) is 24.8 Å². The summed E-state index contributed by atoms with van der Waals surface area (Å²) in [6, 6.07) is 3.09. The molecule has 0 saturated carbocycles. The fourth-order valence-electron chi connectivity index (χ4n) is 1.84. The number of alkyl carbamates (subject to hydrolysis) is 1. The van der Waals surface area contributed by atoms with Gasteiger partial charge in [-0.2, -0.15) is 0 Å². The van der Waals surface area contributed by atoms with Gasteiger partial charge in [-0.3, -0.25) is 4.79 Å². The molecule has 2 amide bonds. The SMILES string of the molecule is C=CCOC(=O)NCCNC(=O)c1cc(OC)c(OC)c(OC)c1. The smallest absolute Gasteiger partial charge is 0.407 e. The van der Waals surface area contributed by atoms with E-state index in [1.54, 1.807) is 12.1 Å². The molecular formula is C16H22N2O6. The third kappa shape index (κ3) is 5.38. The molecule has 1 aromatic carbocycles. The summed E-state index contributed by atoms with van der Waals surface area (Å²) >= 11 is 0. The first kappa shape index (κ1) is 19.1. The standard InChI is InChI=1S/C16H22N2O6/c1-5-8-24-16(20)18-7-6-17-15(19)11-9-12(21-2)14(23-4)13(10-11)22-3/h5,9-10H,1,6-8H2,2-4H3,(H,17,19)(H,18,20). The quantitative estimate of drug-likeness (QED) is 0.521. The highest BCUT2D eigenvalue weighted by atomic mass is 16.5. The maximum Gasteiger partial charge on any atom is 0.407 e. The molecule has 0 unspecified atom stereocenters. The number of carbonyl (C=O) groups is 2. The van der Waals surface area contributed by atoms with Crippen LogP contribution in [0, 0.1) is 0 Å². The van der Waals surface area contributed by atoms with Crippen LogP contribution in [-0.4, -0.2) is 53.0 Å². The van der Waals surface area contributed by atoms with Gasteiger partial charge in [-0.15, -0.1) is 0 Å². The minimum atomic E-state index is -0.572. The van der Waals surface area contributed by atoms with E-state index in [9.17, 15) is 9.59 Å². The number of rotatable bonds is 9. The van der Waals surface area contributed by atoms with E-state index in [-0.39, 0.29) is 25.6 Å². The predicted octanol–water partition coefficient (Wildman–Crippen LogP) is 1.35. The van der Waals surface area contributed by atoms with Crippen LogP contribution < -0.4 is 24.8 Å². The van der Waals surface area contributed by atoms with Crippen molar-refractivity contribution in [3.63, 3.8) is 0 Å². The van der Waals surface area contributed by atoms with E-state index in [1.807, 2.05) is 0 Å². The van der Waals surface area contributed by atoms with Crippen molar-refractivity contribution in [2.24, 2.45) is 0 Å². The predicted molar refractivity (Wildman–Crippen MR) is 88.0 cm³/mol. The lowest BCUT2D eigenvalue weighted by molar-refractivity contribution is 0.0951. The Morgan fingerprint density at radius 2 is 1.62 bits per heavy atom. The Morgan fingerprint density at radius 3 is 2.12 bits per heavy atom. The molecule has 1 rings (SSSR count). The van der Waals surface area contributed by atoms with Crippen molar-refractivity contribution in [3.8, 4) is 17.2 Å². The van der Waals surface area contributed by atoms with Crippen LogP contribution >= 0.6 is 0 Å². The highest BCUT2D eigenvalue weighted by molar-refractivity contribution is 5.95. The minimum Gasteiger partial charge on any atom is -0.493 e. The Kier molecular flexibility index (Phi) is 7.97. The van der Waals surface area contributed by atoms with Crippen LogP contribution in [-0.2, 0) is 4.74 Å². The average Bonchev–Trinajstić information content (AvgIpc) is 2.61. The highest BCUT2D eigenvalue weighted by Crippen LogP contribution is 2.38. The number of methoxy groups -OCH3 is 3. The van der Waals surface area contributed by atoms with Gasteiger partial charge in [0, 0.05) is 18.7 Å². The first-order valence-corrected chi connectivity index (χ1v) is 7.17. The molecule has 0 saturated heterocycles. The molecule has 0 heterocycles. The van der Waals surface area contributed by atoms with Crippen LogP contribution in [0.25, 0.3) is 0 Å². The lowest BCUT2D eigenvalue weighted by Crippen LogP contribution is -2.35. The van der Waals surface area contributed by atoms with Crippen molar-refractivity contribution < 1.29 is 28.5 Å². The zero-order valence-electron chi connectivity index (χ0n) is 14.0.